The largest absolute Gasteiger partial charge is 0.461 e. The van der Waals surface area contributed by atoms with Gasteiger partial charge in [-0.25, -0.2) is 22.5 Å². The number of halogens is 4. The zero-order valence-electron chi connectivity index (χ0n) is 26.8. The summed E-state index contributed by atoms with van der Waals surface area (Å²) in [6.45, 7) is 4.82. The Morgan fingerprint density at radius 2 is 1.96 bits per heavy atom. The number of aromatic nitrogens is 3. The Bertz CT molecular complexity index is 2050. The molecule has 4 atom stereocenters. The number of nitrogens with one attached hydrogen (secondary N) is 1. The van der Waals surface area contributed by atoms with Crippen LogP contribution in [0, 0.1) is 29.4 Å². The van der Waals surface area contributed by atoms with Crippen LogP contribution in [0.25, 0.3) is 32.9 Å². The van der Waals surface area contributed by atoms with Gasteiger partial charge in [-0.3, -0.25) is 4.90 Å². The molecule has 1 saturated carbocycles. The van der Waals surface area contributed by atoms with Gasteiger partial charge in [0.15, 0.2) is 5.82 Å². The van der Waals surface area contributed by atoms with Crippen LogP contribution < -0.4 is 15.0 Å². The minimum Gasteiger partial charge on any atom is -0.461 e. The van der Waals surface area contributed by atoms with Crippen LogP contribution in [0.5, 0.6) is 6.01 Å². The van der Waals surface area contributed by atoms with Crippen LogP contribution in [0.15, 0.2) is 30.3 Å². The summed E-state index contributed by atoms with van der Waals surface area (Å²) in [4.78, 5) is 19.0. The number of benzene rings is 2. The highest BCUT2D eigenvalue weighted by atomic mass is 19.3. The van der Waals surface area contributed by atoms with Crippen LogP contribution in [0.2, 0.25) is 0 Å². The van der Waals surface area contributed by atoms with Crippen LogP contribution in [-0.2, 0) is 6.42 Å². The fourth-order valence-electron chi connectivity index (χ4n) is 9.14. The second-order valence-corrected chi connectivity index (χ2v) is 14.5. The molecule has 5 aliphatic rings. The molecule has 4 fully saturated rings. The van der Waals surface area contributed by atoms with Crippen LogP contribution in [0.3, 0.4) is 0 Å². The van der Waals surface area contributed by atoms with Gasteiger partial charge in [0.05, 0.1) is 27.6 Å². The number of anilines is 1. The van der Waals surface area contributed by atoms with Gasteiger partial charge in [0.25, 0.3) is 5.92 Å². The summed E-state index contributed by atoms with van der Waals surface area (Å²) < 4.78 is 67.5. The van der Waals surface area contributed by atoms with E-state index in [1.807, 2.05) is 6.07 Å². The molecular weight excluding hydrogens is 620 g/mol. The van der Waals surface area contributed by atoms with E-state index >= 15 is 4.39 Å². The van der Waals surface area contributed by atoms with Gasteiger partial charge in [0, 0.05) is 49.1 Å². The van der Waals surface area contributed by atoms with Crippen molar-refractivity contribution in [2.75, 3.05) is 37.7 Å². The molecule has 2 aromatic carbocycles. The summed E-state index contributed by atoms with van der Waals surface area (Å²) in [6.07, 6.45) is 9.96. The number of fused-ring (bicyclic) bond motifs is 4. The van der Waals surface area contributed by atoms with Gasteiger partial charge in [-0.05, 0) is 56.5 Å². The third kappa shape index (κ3) is 4.31. The van der Waals surface area contributed by atoms with Crippen molar-refractivity contribution in [3.63, 3.8) is 0 Å². The third-order valence-corrected chi connectivity index (χ3v) is 11.8. The van der Waals surface area contributed by atoms with Crippen molar-refractivity contribution in [2.45, 2.75) is 75.4 Å². The number of rotatable bonds is 5. The molecule has 11 heteroatoms. The van der Waals surface area contributed by atoms with E-state index in [0.29, 0.717) is 59.2 Å². The first kappa shape index (κ1) is 30.1. The van der Waals surface area contributed by atoms with E-state index in [-0.39, 0.29) is 47.9 Å². The van der Waals surface area contributed by atoms with Crippen molar-refractivity contribution in [1.29, 1.82) is 0 Å². The molecule has 9 rings (SSSR count). The molecular formula is C37H36F4N6O. The predicted molar refractivity (Wildman–Crippen MR) is 175 cm³/mol. The summed E-state index contributed by atoms with van der Waals surface area (Å²) in [6, 6.07) is 8.57. The molecule has 2 aromatic heterocycles. The van der Waals surface area contributed by atoms with Crippen molar-refractivity contribution in [2.24, 2.45) is 5.41 Å². The van der Waals surface area contributed by atoms with Gasteiger partial charge in [-0.2, -0.15) is 9.97 Å². The van der Waals surface area contributed by atoms with Crippen LogP contribution >= 0.6 is 0 Å². The minimum atomic E-state index is -2.65. The number of alkyl halides is 2. The van der Waals surface area contributed by atoms with Crippen molar-refractivity contribution in [3.05, 3.63) is 53.2 Å². The van der Waals surface area contributed by atoms with Crippen molar-refractivity contribution in [1.82, 2.24) is 25.2 Å². The zero-order chi connectivity index (χ0) is 33.0. The molecule has 0 radical (unpaired) electrons. The van der Waals surface area contributed by atoms with E-state index in [0.717, 1.165) is 38.8 Å². The van der Waals surface area contributed by atoms with Crippen LogP contribution in [0.1, 0.15) is 56.7 Å². The van der Waals surface area contributed by atoms with E-state index in [1.165, 1.54) is 6.07 Å². The number of hydrogen-bond acceptors (Lipinski definition) is 7. The van der Waals surface area contributed by atoms with Crippen molar-refractivity contribution >= 4 is 27.5 Å². The summed E-state index contributed by atoms with van der Waals surface area (Å²) in [5, 5.41) is 5.26. The lowest BCUT2D eigenvalue weighted by Crippen LogP contribution is -2.56. The lowest BCUT2D eigenvalue weighted by Gasteiger charge is -2.40. The SMILES string of the molecule is C#Cc1c(F)ccc2cccc(-c3nc4c5c(nc(OC[C@@]67CCCN6C[C@@]6(CC6(F)F)C7)nc5c3F)N3C[C@@H](CC)NC[C@@H]3CC4)c12. The van der Waals surface area contributed by atoms with Crippen molar-refractivity contribution < 1.29 is 22.3 Å². The standard InChI is InChI=1S/C37H36F4N6O/c1-3-22-16-47-23(15-42-22)10-12-27-29-32(30(39)31(43-27)25-8-5-7-21-9-11-26(38)24(4-2)28(21)25)44-34(45-33(29)47)48-20-36-13-6-14-46(36)19-35(17-36)18-37(35,40)41/h2,5,7-9,11,22-23,42H,3,6,10,12-20H2,1H3/t22-,23+,35+,36+/m1/s1. The van der Waals surface area contributed by atoms with E-state index in [1.54, 1.807) is 18.2 Å². The highest BCUT2D eigenvalue weighted by Gasteiger charge is 2.77. The maximum absolute atomic E-state index is 17.1. The van der Waals surface area contributed by atoms with E-state index in [2.05, 4.69) is 28.0 Å². The number of pyridine rings is 1. The van der Waals surface area contributed by atoms with Crippen LogP contribution in [-0.4, -0.2) is 76.2 Å². The fourth-order valence-corrected chi connectivity index (χ4v) is 9.14. The average Bonchev–Trinajstić information content (AvgIpc) is 3.29. The van der Waals surface area contributed by atoms with Gasteiger partial charge in [-0.15, -0.1) is 6.42 Å². The second kappa shape index (κ2) is 10.5. The summed E-state index contributed by atoms with van der Waals surface area (Å²) in [7, 11) is 0. The summed E-state index contributed by atoms with van der Waals surface area (Å²) in [5.41, 5.74) is -0.291. The Balaban J connectivity index is 1.20. The topological polar surface area (TPSA) is 66.4 Å². The molecule has 1 aliphatic carbocycles. The minimum absolute atomic E-state index is 0.0183. The first-order chi connectivity index (χ1) is 23.2. The number of terminal acetylenes is 1. The molecule has 0 amide bonds. The normalized spacial score (nSPS) is 28.8. The smallest absolute Gasteiger partial charge is 0.319 e. The number of hydrogen-bond donors (Lipinski definition) is 1. The first-order valence-corrected chi connectivity index (χ1v) is 17.0. The molecule has 4 aromatic rings. The predicted octanol–water partition coefficient (Wildman–Crippen LogP) is 6.25. The van der Waals surface area contributed by atoms with Gasteiger partial charge in [-0.1, -0.05) is 37.1 Å². The molecule has 7 nitrogen and oxygen atoms in total. The number of aryl methyl sites for hydroxylation is 1. The van der Waals surface area contributed by atoms with Gasteiger partial charge in [0.2, 0.25) is 0 Å². The number of ether oxygens (including phenoxy) is 1. The molecule has 1 N–H and O–H groups in total. The van der Waals surface area contributed by atoms with Gasteiger partial charge >= 0.3 is 6.01 Å². The van der Waals surface area contributed by atoms with Gasteiger partial charge < -0.3 is 15.0 Å². The van der Waals surface area contributed by atoms with Crippen molar-refractivity contribution in [3.8, 4) is 29.6 Å². The monoisotopic (exact) mass is 656 g/mol. The first-order valence-electron chi connectivity index (χ1n) is 17.0. The Labute approximate surface area is 276 Å². The van der Waals surface area contributed by atoms with E-state index in [4.69, 9.17) is 26.1 Å². The Hall–Kier alpha value is -4.01. The van der Waals surface area contributed by atoms with E-state index in [9.17, 15) is 13.2 Å². The van der Waals surface area contributed by atoms with Crippen LogP contribution in [0.4, 0.5) is 23.4 Å². The Morgan fingerprint density at radius 3 is 2.75 bits per heavy atom. The molecule has 3 saturated heterocycles. The van der Waals surface area contributed by atoms with E-state index < -0.39 is 28.5 Å². The highest BCUT2D eigenvalue weighted by Crippen LogP contribution is 2.69. The molecule has 0 bridgehead atoms. The molecule has 6 heterocycles. The maximum atomic E-state index is 17.1. The summed E-state index contributed by atoms with van der Waals surface area (Å²) in [5.74, 6) is -0.841. The Morgan fingerprint density at radius 1 is 1.10 bits per heavy atom. The Kier molecular flexibility index (Phi) is 6.58. The second-order valence-electron chi connectivity index (χ2n) is 14.5. The zero-order valence-corrected chi connectivity index (χ0v) is 26.8. The lowest BCUT2D eigenvalue weighted by molar-refractivity contribution is 0.0647. The molecule has 248 valence electrons. The summed E-state index contributed by atoms with van der Waals surface area (Å²) >= 11 is 0. The molecule has 4 aliphatic heterocycles. The quantitative estimate of drug-likeness (QED) is 0.201. The molecule has 0 unspecified atom stereocenters. The number of piperazine rings is 1. The third-order valence-electron chi connectivity index (χ3n) is 11.8. The molecule has 1 spiro atoms. The fraction of sp³-hybridized carbons (Fsp3) is 0.486. The highest BCUT2D eigenvalue weighted by molar-refractivity contribution is 6.02. The molecule has 48 heavy (non-hydrogen) atoms. The lowest BCUT2D eigenvalue weighted by atomic mass is 9.89. The number of nitrogens with zero attached hydrogens (tertiary/aromatic N) is 5. The van der Waals surface area contributed by atoms with Gasteiger partial charge in [0.1, 0.15) is 29.5 Å². The maximum Gasteiger partial charge on any atom is 0.319 e. The average molecular weight is 657 g/mol.